The van der Waals surface area contributed by atoms with Crippen LogP contribution in [-0.2, 0) is 16.2 Å². The third-order valence-corrected chi connectivity index (χ3v) is 5.33. The Bertz CT molecular complexity index is 1110. The number of alkyl halides is 3. The van der Waals surface area contributed by atoms with Crippen molar-refractivity contribution >= 4 is 15.7 Å². The predicted molar refractivity (Wildman–Crippen MR) is 98.9 cm³/mol. The van der Waals surface area contributed by atoms with Gasteiger partial charge in [-0.25, -0.2) is 13.1 Å². The van der Waals surface area contributed by atoms with Crippen molar-refractivity contribution in [3.63, 3.8) is 0 Å². The Hall–Kier alpha value is -3.21. The van der Waals surface area contributed by atoms with Gasteiger partial charge in [-0.15, -0.1) is 0 Å². The van der Waals surface area contributed by atoms with Gasteiger partial charge < -0.3 is 9.47 Å². The molecule has 0 unspecified atom stereocenters. The molecule has 3 rings (SSSR count). The van der Waals surface area contributed by atoms with Crippen LogP contribution in [0.15, 0.2) is 59.6 Å². The zero-order chi connectivity index (χ0) is 21.2. The van der Waals surface area contributed by atoms with Crippen LogP contribution in [0.1, 0.15) is 5.69 Å². The first-order valence-electron chi connectivity index (χ1n) is 8.12. The summed E-state index contributed by atoms with van der Waals surface area (Å²) in [5, 5.41) is 3.47. The lowest BCUT2D eigenvalue weighted by molar-refractivity contribution is -0.141. The molecule has 0 aliphatic carbocycles. The van der Waals surface area contributed by atoms with Crippen molar-refractivity contribution < 1.29 is 31.1 Å². The molecule has 0 spiro atoms. The second-order valence-electron chi connectivity index (χ2n) is 5.81. The highest BCUT2D eigenvalue weighted by Crippen LogP contribution is 2.30. The van der Waals surface area contributed by atoms with Crippen LogP contribution in [0.3, 0.4) is 0 Å². The van der Waals surface area contributed by atoms with Crippen LogP contribution in [0.5, 0.6) is 11.5 Å². The van der Waals surface area contributed by atoms with Gasteiger partial charge in [0.15, 0.2) is 5.69 Å². The number of anilines is 1. The van der Waals surface area contributed by atoms with Crippen molar-refractivity contribution in [2.45, 2.75) is 11.1 Å². The van der Waals surface area contributed by atoms with Gasteiger partial charge in [0.05, 0.1) is 19.9 Å². The molecule has 3 aromatic rings. The Balaban J connectivity index is 1.85. The summed E-state index contributed by atoms with van der Waals surface area (Å²) in [5.41, 5.74) is -0.475. The van der Waals surface area contributed by atoms with E-state index < -0.39 is 21.9 Å². The molecule has 0 bridgehead atoms. The normalized spacial score (nSPS) is 11.9. The molecule has 1 heterocycles. The number of ether oxygens (including phenoxy) is 2. The van der Waals surface area contributed by atoms with Crippen molar-refractivity contribution in [2.75, 3.05) is 18.9 Å². The Morgan fingerprint density at radius 2 is 1.69 bits per heavy atom. The minimum Gasteiger partial charge on any atom is -0.497 e. The van der Waals surface area contributed by atoms with E-state index in [1.165, 1.54) is 56.8 Å². The third-order valence-electron chi connectivity index (χ3n) is 3.92. The molecular formula is C18H16F3N3O4S. The van der Waals surface area contributed by atoms with Crippen LogP contribution in [0.2, 0.25) is 0 Å². The van der Waals surface area contributed by atoms with Gasteiger partial charge in [0.2, 0.25) is 0 Å². The first-order chi connectivity index (χ1) is 13.6. The third kappa shape index (κ3) is 4.45. The summed E-state index contributed by atoms with van der Waals surface area (Å²) in [6.07, 6.45) is -3.38. The number of methoxy groups -OCH3 is 2. The molecule has 0 radical (unpaired) electrons. The fraction of sp³-hybridized carbons (Fsp3) is 0.167. The van der Waals surface area contributed by atoms with E-state index in [0.717, 1.165) is 10.7 Å². The first-order valence-corrected chi connectivity index (χ1v) is 9.60. The van der Waals surface area contributed by atoms with E-state index >= 15 is 0 Å². The van der Waals surface area contributed by atoms with Crippen molar-refractivity contribution in [3.05, 3.63) is 60.4 Å². The number of sulfonamides is 1. The molecule has 0 fully saturated rings. The molecule has 0 aliphatic rings. The van der Waals surface area contributed by atoms with E-state index in [-0.39, 0.29) is 16.3 Å². The molecule has 0 amide bonds. The average molecular weight is 427 g/mol. The number of halogens is 3. The predicted octanol–water partition coefficient (Wildman–Crippen LogP) is 3.71. The standard InChI is InChI=1S/C18H16F3N3O4S/c1-27-14-7-8-15(28-2)16(11-14)29(25,26)23-12-3-5-13(6-4-12)24-10-9-17(22-24)18(19,20)21/h3-11,23H,1-2H3. The van der Waals surface area contributed by atoms with E-state index in [9.17, 15) is 21.6 Å². The van der Waals surface area contributed by atoms with Crippen LogP contribution in [0.25, 0.3) is 5.69 Å². The number of nitrogens with one attached hydrogen (secondary N) is 1. The van der Waals surface area contributed by atoms with E-state index in [1.54, 1.807) is 6.07 Å². The number of nitrogens with zero attached hydrogens (tertiary/aromatic N) is 2. The molecule has 1 aromatic heterocycles. The molecule has 2 aromatic carbocycles. The molecule has 7 nitrogen and oxygen atoms in total. The molecule has 0 saturated carbocycles. The smallest absolute Gasteiger partial charge is 0.435 e. The summed E-state index contributed by atoms with van der Waals surface area (Å²) < 4.78 is 77.1. The number of aromatic nitrogens is 2. The highest BCUT2D eigenvalue weighted by Gasteiger charge is 2.33. The Morgan fingerprint density at radius 3 is 2.24 bits per heavy atom. The van der Waals surface area contributed by atoms with E-state index in [0.29, 0.717) is 11.4 Å². The van der Waals surface area contributed by atoms with Crippen molar-refractivity contribution in [1.29, 1.82) is 0 Å². The van der Waals surface area contributed by atoms with Crippen LogP contribution >= 0.6 is 0 Å². The molecule has 1 N–H and O–H groups in total. The summed E-state index contributed by atoms with van der Waals surface area (Å²) in [4.78, 5) is -0.120. The topological polar surface area (TPSA) is 82.5 Å². The van der Waals surface area contributed by atoms with Gasteiger partial charge in [0.1, 0.15) is 16.4 Å². The van der Waals surface area contributed by atoms with Gasteiger partial charge in [0.25, 0.3) is 10.0 Å². The van der Waals surface area contributed by atoms with Crippen LogP contribution in [-0.4, -0.2) is 32.4 Å². The SMILES string of the molecule is COc1ccc(OC)c(S(=O)(=O)Nc2ccc(-n3ccc(C(F)(F)F)n3)cc2)c1. The van der Waals surface area contributed by atoms with Gasteiger partial charge in [-0.3, -0.25) is 4.72 Å². The molecule has 0 atom stereocenters. The fourth-order valence-corrected chi connectivity index (χ4v) is 3.75. The monoisotopic (exact) mass is 427 g/mol. The van der Waals surface area contributed by atoms with E-state index in [4.69, 9.17) is 9.47 Å². The molecular weight excluding hydrogens is 411 g/mol. The lowest BCUT2D eigenvalue weighted by Crippen LogP contribution is -2.14. The van der Waals surface area contributed by atoms with Gasteiger partial charge in [0, 0.05) is 18.0 Å². The number of rotatable bonds is 6. The number of benzene rings is 2. The van der Waals surface area contributed by atoms with E-state index in [2.05, 4.69) is 9.82 Å². The van der Waals surface area contributed by atoms with Gasteiger partial charge in [-0.2, -0.15) is 18.3 Å². The van der Waals surface area contributed by atoms with Gasteiger partial charge in [-0.1, -0.05) is 0 Å². The minimum atomic E-state index is -4.55. The Morgan fingerprint density at radius 1 is 1.00 bits per heavy atom. The molecule has 0 aliphatic heterocycles. The maximum atomic E-state index is 12.7. The summed E-state index contributed by atoms with van der Waals surface area (Å²) >= 11 is 0. The second-order valence-corrected chi connectivity index (χ2v) is 7.46. The fourth-order valence-electron chi connectivity index (χ4n) is 2.51. The highest BCUT2D eigenvalue weighted by atomic mass is 32.2. The second kappa shape index (κ2) is 7.66. The van der Waals surface area contributed by atoms with Crippen LogP contribution < -0.4 is 14.2 Å². The largest absolute Gasteiger partial charge is 0.497 e. The molecule has 11 heteroatoms. The quantitative estimate of drug-likeness (QED) is 0.649. The van der Waals surface area contributed by atoms with Crippen molar-refractivity contribution in [2.24, 2.45) is 0 Å². The zero-order valence-corrected chi connectivity index (χ0v) is 16.1. The summed E-state index contributed by atoms with van der Waals surface area (Å²) in [6, 6.07) is 10.9. The molecule has 154 valence electrons. The maximum absolute atomic E-state index is 12.7. The Labute approximate surface area is 164 Å². The Kier molecular flexibility index (Phi) is 5.42. The number of hydrogen-bond donors (Lipinski definition) is 1. The zero-order valence-electron chi connectivity index (χ0n) is 15.3. The van der Waals surface area contributed by atoms with Crippen LogP contribution in [0, 0.1) is 0 Å². The lowest BCUT2D eigenvalue weighted by Gasteiger charge is -2.13. The van der Waals surface area contributed by atoms with Crippen molar-refractivity contribution in [1.82, 2.24) is 9.78 Å². The number of hydrogen-bond acceptors (Lipinski definition) is 5. The molecule has 0 saturated heterocycles. The van der Waals surface area contributed by atoms with Crippen molar-refractivity contribution in [3.8, 4) is 17.2 Å². The molecule has 29 heavy (non-hydrogen) atoms. The van der Waals surface area contributed by atoms with Gasteiger partial charge >= 0.3 is 6.18 Å². The van der Waals surface area contributed by atoms with Gasteiger partial charge in [-0.05, 0) is 42.5 Å². The average Bonchev–Trinajstić information content (AvgIpc) is 3.18. The maximum Gasteiger partial charge on any atom is 0.435 e. The summed E-state index contributed by atoms with van der Waals surface area (Å²) in [5.74, 6) is 0.465. The summed E-state index contributed by atoms with van der Waals surface area (Å²) in [6.45, 7) is 0. The first kappa shape index (κ1) is 20.5. The highest BCUT2D eigenvalue weighted by molar-refractivity contribution is 7.92. The lowest BCUT2D eigenvalue weighted by atomic mass is 10.3. The van der Waals surface area contributed by atoms with E-state index in [1.807, 2.05) is 0 Å². The minimum absolute atomic E-state index is 0.120. The van der Waals surface area contributed by atoms with Crippen LogP contribution in [0.4, 0.5) is 18.9 Å². The summed E-state index contributed by atoms with van der Waals surface area (Å²) in [7, 11) is -1.26.